The highest BCUT2D eigenvalue weighted by Gasteiger charge is 2.14. The lowest BCUT2D eigenvalue weighted by atomic mass is 10.0. The maximum atomic E-state index is 6.44. The van der Waals surface area contributed by atoms with Gasteiger partial charge in [0.15, 0.2) is 10.3 Å². The van der Waals surface area contributed by atoms with Crippen molar-refractivity contribution in [2.45, 2.75) is 53.4 Å². The van der Waals surface area contributed by atoms with Crippen LogP contribution in [0.1, 0.15) is 72.7 Å². The molecule has 0 aliphatic rings. The molecule has 0 aliphatic carbocycles. The Morgan fingerprint density at radius 2 is 1.05 bits per heavy atom. The summed E-state index contributed by atoms with van der Waals surface area (Å²) in [5, 5.41) is 26.1. The monoisotopic (exact) mass is 806 g/mol. The molecule has 0 aliphatic heterocycles. The Morgan fingerprint density at radius 1 is 0.517 bits per heavy atom. The van der Waals surface area contributed by atoms with E-state index in [0.717, 1.165) is 63.4 Å². The van der Waals surface area contributed by atoms with E-state index in [0.29, 0.717) is 36.3 Å². The maximum Gasteiger partial charge on any atom is 0.205 e. The van der Waals surface area contributed by atoms with Gasteiger partial charge < -0.3 is 0 Å². The molecule has 0 saturated heterocycles. The molecular formula is C46H44Cl2N10. The van der Waals surface area contributed by atoms with Crippen molar-refractivity contribution >= 4 is 33.5 Å². The third kappa shape index (κ3) is 12.2. The van der Waals surface area contributed by atoms with Crippen LogP contribution in [-0.4, -0.2) is 50.7 Å². The van der Waals surface area contributed by atoms with E-state index in [1.807, 2.05) is 84.9 Å². The summed E-state index contributed by atoms with van der Waals surface area (Å²) >= 11 is 12.8. The standard InChI is InChI=1S/C23H22Cl2N4.C23H22N6/c1-16(2)13-19-15-18(10-12-26-19)22(24)28-29-23(25)20-9-6-11-27-21(20)14-17-7-4-3-5-8-17;1-16(2)13-19-15-18(10-12-24-19)22-26-28-23(29-27-22)20-9-6-11-25-21(20)14-17-7-4-3-5-8-17/h2*3-12,15-16H,13-14H2,1-2H3/b28-22-,29-23-;. The molecule has 0 bridgehead atoms. The van der Waals surface area contributed by atoms with Crippen molar-refractivity contribution in [3.05, 3.63) is 179 Å². The average Bonchev–Trinajstić information content (AvgIpc) is 3.24. The zero-order valence-corrected chi connectivity index (χ0v) is 34.4. The van der Waals surface area contributed by atoms with Gasteiger partial charge in [-0.15, -0.1) is 30.6 Å². The highest BCUT2D eigenvalue weighted by Crippen LogP contribution is 2.22. The third-order valence-corrected chi connectivity index (χ3v) is 9.31. The van der Waals surface area contributed by atoms with Gasteiger partial charge in [-0.3, -0.25) is 19.9 Å². The molecule has 0 fully saturated rings. The van der Waals surface area contributed by atoms with Crippen LogP contribution < -0.4 is 0 Å². The van der Waals surface area contributed by atoms with Gasteiger partial charge in [0.1, 0.15) is 0 Å². The van der Waals surface area contributed by atoms with E-state index in [1.165, 1.54) is 5.56 Å². The first-order valence-electron chi connectivity index (χ1n) is 19.1. The van der Waals surface area contributed by atoms with Crippen molar-refractivity contribution in [3.8, 4) is 22.8 Å². The summed E-state index contributed by atoms with van der Waals surface area (Å²) in [7, 11) is 0. The molecule has 7 rings (SSSR count). The van der Waals surface area contributed by atoms with Crippen molar-refractivity contribution < 1.29 is 0 Å². The number of aromatic nitrogens is 8. The number of benzene rings is 2. The number of pyridine rings is 4. The summed E-state index contributed by atoms with van der Waals surface area (Å²) in [6.07, 6.45) is 10.2. The van der Waals surface area contributed by atoms with E-state index in [4.69, 9.17) is 23.2 Å². The molecule has 5 heterocycles. The van der Waals surface area contributed by atoms with E-state index < -0.39 is 0 Å². The normalized spacial score (nSPS) is 11.7. The Bertz CT molecular complexity index is 2440. The van der Waals surface area contributed by atoms with Crippen LogP contribution in [0.15, 0.2) is 144 Å². The SMILES string of the molecule is CC(C)Cc1cc(-c2nnc(-c3cccnc3Cc3ccccc3)nn2)ccn1.CC(C)Cc1cc(/C(Cl)=N/N=C(\Cl)c2cccnc2Cc2ccccc2)ccn1. The minimum absolute atomic E-state index is 0.249. The van der Waals surface area contributed by atoms with Crippen LogP contribution in [0.3, 0.4) is 0 Å². The first kappa shape index (κ1) is 41.5. The maximum absolute atomic E-state index is 6.44. The van der Waals surface area contributed by atoms with E-state index in [9.17, 15) is 0 Å². The van der Waals surface area contributed by atoms with Gasteiger partial charge in [0.25, 0.3) is 0 Å². The van der Waals surface area contributed by atoms with Crippen molar-refractivity contribution in [2.24, 2.45) is 22.0 Å². The molecular weight excluding hydrogens is 763 g/mol. The molecule has 12 heteroatoms. The molecule has 0 spiro atoms. The summed E-state index contributed by atoms with van der Waals surface area (Å²) in [6.45, 7) is 8.64. The van der Waals surface area contributed by atoms with Gasteiger partial charge in [0, 0.05) is 71.3 Å². The molecule has 2 aromatic carbocycles. The summed E-state index contributed by atoms with van der Waals surface area (Å²) in [5.41, 5.74) is 9.27. The van der Waals surface area contributed by atoms with E-state index >= 15 is 0 Å². The molecule has 0 atom stereocenters. The largest absolute Gasteiger partial charge is 0.261 e. The number of hydrogen-bond donors (Lipinski definition) is 0. The molecule has 0 radical (unpaired) electrons. The van der Waals surface area contributed by atoms with Crippen molar-refractivity contribution in [2.75, 3.05) is 0 Å². The van der Waals surface area contributed by atoms with Crippen LogP contribution in [0.5, 0.6) is 0 Å². The van der Waals surface area contributed by atoms with Crippen molar-refractivity contribution in [3.63, 3.8) is 0 Å². The Hall–Kier alpha value is -6.10. The molecule has 0 N–H and O–H groups in total. The quantitative estimate of drug-likeness (QED) is 0.0832. The highest BCUT2D eigenvalue weighted by molar-refractivity contribution is 6.71. The van der Waals surface area contributed by atoms with Gasteiger partial charge in [-0.05, 0) is 84.3 Å². The van der Waals surface area contributed by atoms with Crippen LogP contribution in [0.4, 0.5) is 0 Å². The predicted octanol–water partition coefficient (Wildman–Crippen LogP) is 10.0. The van der Waals surface area contributed by atoms with Crippen LogP contribution in [0, 0.1) is 11.8 Å². The zero-order chi connectivity index (χ0) is 40.7. The lowest BCUT2D eigenvalue weighted by molar-refractivity contribution is 0.635. The number of rotatable bonds is 13. The Morgan fingerprint density at radius 3 is 1.69 bits per heavy atom. The summed E-state index contributed by atoms with van der Waals surface area (Å²) < 4.78 is 0. The second-order valence-corrected chi connectivity index (χ2v) is 15.1. The third-order valence-electron chi connectivity index (χ3n) is 8.74. The highest BCUT2D eigenvalue weighted by atomic mass is 35.5. The predicted molar refractivity (Wildman–Crippen MR) is 233 cm³/mol. The minimum atomic E-state index is 0.249. The van der Waals surface area contributed by atoms with E-state index in [1.54, 1.807) is 24.8 Å². The van der Waals surface area contributed by atoms with E-state index in [2.05, 4.69) is 102 Å². The lowest BCUT2D eigenvalue weighted by Gasteiger charge is -2.08. The van der Waals surface area contributed by atoms with Crippen LogP contribution in [0.25, 0.3) is 22.8 Å². The summed E-state index contributed by atoms with van der Waals surface area (Å²) in [5.74, 6) is 2.01. The molecule has 10 nitrogen and oxygen atoms in total. The fourth-order valence-electron chi connectivity index (χ4n) is 6.06. The fourth-order valence-corrected chi connectivity index (χ4v) is 6.43. The molecule has 5 aromatic heterocycles. The number of hydrogen-bond acceptors (Lipinski definition) is 10. The first-order chi connectivity index (χ1) is 28.2. The van der Waals surface area contributed by atoms with Gasteiger partial charge in [-0.2, -0.15) is 0 Å². The van der Waals surface area contributed by atoms with Crippen molar-refractivity contribution in [1.82, 2.24) is 40.3 Å². The van der Waals surface area contributed by atoms with Crippen LogP contribution in [0.2, 0.25) is 0 Å². The van der Waals surface area contributed by atoms with Crippen LogP contribution in [-0.2, 0) is 25.7 Å². The van der Waals surface area contributed by atoms with Gasteiger partial charge in [0.05, 0.1) is 11.4 Å². The molecule has 0 unspecified atom stereocenters. The molecule has 58 heavy (non-hydrogen) atoms. The number of nitrogens with zero attached hydrogens (tertiary/aromatic N) is 10. The summed E-state index contributed by atoms with van der Waals surface area (Å²) in [6, 6.07) is 35.5. The number of halogens is 2. The summed E-state index contributed by atoms with van der Waals surface area (Å²) in [4.78, 5) is 17.8. The Labute approximate surface area is 349 Å². The molecule has 0 saturated carbocycles. The topological polar surface area (TPSA) is 128 Å². The van der Waals surface area contributed by atoms with E-state index in [-0.39, 0.29) is 10.3 Å². The second kappa shape index (κ2) is 20.9. The fraction of sp³-hybridized carbons (Fsp3) is 0.217. The molecule has 7 aromatic rings. The van der Waals surface area contributed by atoms with Crippen LogP contribution >= 0.6 is 23.2 Å². The zero-order valence-electron chi connectivity index (χ0n) is 32.9. The Kier molecular flexibility index (Phi) is 15.0. The van der Waals surface area contributed by atoms with Gasteiger partial charge in [-0.25, -0.2) is 0 Å². The minimum Gasteiger partial charge on any atom is -0.261 e. The van der Waals surface area contributed by atoms with Crippen molar-refractivity contribution in [1.29, 1.82) is 0 Å². The van der Waals surface area contributed by atoms with Gasteiger partial charge in [0.2, 0.25) is 11.6 Å². The van der Waals surface area contributed by atoms with Gasteiger partial charge in [-0.1, -0.05) is 112 Å². The lowest BCUT2D eigenvalue weighted by Crippen LogP contribution is -2.04. The smallest absolute Gasteiger partial charge is 0.205 e. The first-order valence-corrected chi connectivity index (χ1v) is 19.9. The molecule has 292 valence electrons. The average molecular weight is 808 g/mol. The van der Waals surface area contributed by atoms with Gasteiger partial charge >= 0.3 is 0 Å². The molecule has 0 amide bonds. The Balaban J connectivity index is 0.000000196. The second-order valence-electron chi connectivity index (χ2n) is 14.4.